The average Bonchev–Trinajstić information content (AvgIpc) is 3.01. The smallest absolute Gasteiger partial charge is 0.0243 e. The zero-order valence-corrected chi connectivity index (χ0v) is 14.8. The van der Waals surface area contributed by atoms with Crippen molar-refractivity contribution in [3.63, 3.8) is 0 Å². The Morgan fingerprint density at radius 3 is 2.14 bits per heavy atom. The molecule has 0 aromatic carbocycles. The van der Waals surface area contributed by atoms with Crippen molar-refractivity contribution in [1.82, 2.24) is 15.1 Å². The Hall–Kier alpha value is -0.120. The molecule has 0 radical (unpaired) electrons. The second-order valence-corrected chi connectivity index (χ2v) is 7.52. The molecule has 3 nitrogen and oxygen atoms in total. The summed E-state index contributed by atoms with van der Waals surface area (Å²) in [5.74, 6) is 1.63. The zero-order valence-electron chi connectivity index (χ0n) is 14.8. The van der Waals surface area contributed by atoms with E-state index in [1.54, 1.807) is 0 Å². The Bertz CT molecular complexity index is 278. The van der Waals surface area contributed by atoms with Crippen LogP contribution in [0, 0.1) is 11.8 Å². The summed E-state index contributed by atoms with van der Waals surface area (Å²) in [6, 6.07) is 1.40. The number of nitrogens with zero attached hydrogens (tertiary/aromatic N) is 2. The van der Waals surface area contributed by atoms with Crippen LogP contribution in [-0.4, -0.2) is 61.2 Å². The molecule has 0 spiro atoms. The summed E-state index contributed by atoms with van der Waals surface area (Å²) in [7, 11) is 0. The van der Waals surface area contributed by atoms with Gasteiger partial charge in [-0.25, -0.2) is 0 Å². The second-order valence-electron chi connectivity index (χ2n) is 7.52. The van der Waals surface area contributed by atoms with Crippen LogP contribution in [0.5, 0.6) is 0 Å². The maximum Gasteiger partial charge on any atom is 0.0243 e. The lowest BCUT2D eigenvalue weighted by atomic mass is 9.90. The van der Waals surface area contributed by atoms with Crippen molar-refractivity contribution in [3.05, 3.63) is 0 Å². The van der Waals surface area contributed by atoms with Gasteiger partial charge in [0.05, 0.1) is 0 Å². The summed E-state index contributed by atoms with van der Waals surface area (Å²) in [6.07, 6.45) is 5.54. The number of likely N-dealkylation sites (tertiary alicyclic amines) is 2. The van der Waals surface area contributed by atoms with Crippen LogP contribution in [0.1, 0.15) is 53.4 Å². The fraction of sp³-hybridized carbons (Fsp3) is 1.00. The Labute approximate surface area is 132 Å². The topological polar surface area (TPSA) is 18.5 Å². The van der Waals surface area contributed by atoms with E-state index in [2.05, 4.69) is 42.8 Å². The summed E-state index contributed by atoms with van der Waals surface area (Å²) in [6.45, 7) is 17.1. The van der Waals surface area contributed by atoms with E-state index in [1.807, 2.05) is 0 Å². The molecule has 0 amide bonds. The van der Waals surface area contributed by atoms with Crippen molar-refractivity contribution < 1.29 is 0 Å². The molecule has 2 unspecified atom stereocenters. The van der Waals surface area contributed by atoms with Gasteiger partial charge >= 0.3 is 0 Å². The number of hydrogen-bond acceptors (Lipinski definition) is 3. The van der Waals surface area contributed by atoms with Gasteiger partial charge in [0.2, 0.25) is 0 Å². The summed E-state index contributed by atoms with van der Waals surface area (Å²) in [5, 5.41) is 3.88. The fourth-order valence-electron chi connectivity index (χ4n) is 4.10. The molecule has 1 N–H and O–H groups in total. The SMILES string of the molecule is CCN1CCC(C(C)NCC(C(C)C)N2CCCC2)CC1. The highest BCUT2D eigenvalue weighted by Crippen LogP contribution is 2.22. The molecule has 2 heterocycles. The Morgan fingerprint density at radius 2 is 1.62 bits per heavy atom. The first-order valence-electron chi connectivity index (χ1n) is 9.31. The molecule has 124 valence electrons. The van der Waals surface area contributed by atoms with E-state index in [-0.39, 0.29) is 0 Å². The highest BCUT2D eigenvalue weighted by molar-refractivity contribution is 4.84. The minimum atomic E-state index is 0.674. The first kappa shape index (κ1) is 17.2. The third kappa shape index (κ3) is 4.94. The van der Waals surface area contributed by atoms with Gasteiger partial charge in [-0.15, -0.1) is 0 Å². The predicted molar refractivity (Wildman–Crippen MR) is 91.7 cm³/mol. The maximum atomic E-state index is 3.88. The van der Waals surface area contributed by atoms with Crippen molar-refractivity contribution in [2.24, 2.45) is 11.8 Å². The minimum absolute atomic E-state index is 0.674. The highest BCUT2D eigenvalue weighted by atomic mass is 15.2. The number of piperidine rings is 1. The first-order chi connectivity index (χ1) is 10.1. The minimum Gasteiger partial charge on any atom is -0.312 e. The molecule has 0 bridgehead atoms. The Morgan fingerprint density at radius 1 is 1.00 bits per heavy atom. The van der Waals surface area contributed by atoms with E-state index < -0.39 is 0 Å². The molecular weight excluding hydrogens is 258 g/mol. The molecule has 0 aromatic rings. The van der Waals surface area contributed by atoms with E-state index in [0.29, 0.717) is 6.04 Å². The van der Waals surface area contributed by atoms with Crippen LogP contribution < -0.4 is 5.32 Å². The van der Waals surface area contributed by atoms with Gasteiger partial charge in [-0.05, 0) is 77.2 Å². The quantitative estimate of drug-likeness (QED) is 0.779. The van der Waals surface area contributed by atoms with E-state index in [4.69, 9.17) is 0 Å². The van der Waals surface area contributed by atoms with Crippen LogP contribution >= 0.6 is 0 Å². The van der Waals surface area contributed by atoms with E-state index >= 15 is 0 Å². The lowest BCUT2D eigenvalue weighted by molar-refractivity contribution is 0.150. The van der Waals surface area contributed by atoms with Crippen molar-refractivity contribution in [2.75, 3.05) is 39.3 Å². The molecular formula is C18H37N3. The summed E-state index contributed by atoms with van der Waals surface area (Å²) in [4.78, 5) is 5.30. The molecule has 2 atom stereocenters. The Kier molecular flexibility index (Phi) is 6.97. The van der Waals surface area contributed by atoms with Crippen LogP contribution in [0.15, 0.2) is 0 Å². The molecule has 2 saturated heterocycles. The van der Waals surface area contributed by atoms with Crippen LogP contribution in [0.25, 0.3) is 0 Å². The fourth-order valence-corrected chi connectivity index (χ4v) is 4.10. The van der Waals surface area contributed by atoms with Gasteiger partial charge in [0, 0.05) is 18.6 Å². The normalized spacial score (nSPS) is 25.6. The van der Waals surface area contributed by atoms with Gasteiger partial charge in [-0.2, -0.15) is 0 Å². The molecule has 3 heteroatoms. The molecule has 2 aliphatic heterocycles. The van der Waals surface area contributed by atoms with Crippen molar-refractivity contribution in [1.29, 1.82) is 0 Å². The van der Waals surface area contributed by atoms with Crippen LogP contribution in [0.2, 0.25) is 0 Å². The van der Waals surface area contributed by atoms with Gasteiger partial charge in [0.1, 0.15) is 0 Å². The van der Waals surface area contributed by atoms with Crippen LogP contribution in [-0.2, 0) is 0 Å². The van der Waals surface area contributed by atoms with Crippen molar-refractivity contribution >= 4 is 0 Å². The molecule has 2 aliphatic rings. The molecule has 0 saturated carbocycles. The first-order valence-corrected chi connectivity index (χ1v) is 9.31. The monoisotopic (exact) mass is 295 g/mol. The third-order valence-corrected chi connectivity index (χ3v) is 5.81. The molecule has 2 rings (SSSR count). The highest BCUT2D eigenvalue weighted by Gasteiger charge is 2.27. The maximum absolute atomic E-state index is 3.88. The van der Waals surface area contributed by atoms with Crippen molar-refractivity contribution in [2.45, 2.75) is 65.5 Å². The second kappa shape index (κ2) is 8.50. The van der Waals surface area contributed by atoms with E-state index in [1.165, 1.54) is 65.0 Å². The predicted octanol–water partition coefficient (Wildman–Crippen LogP) is 2.82. The zero-order chi connectivity index (χ0) is 15.2. The lowest BCUT2D eigenvalue weighted by Crippen LogP contribution is -2.49. The lowest BCUT2D eigenvalue weighted by Gasteiger charge is -2.37. The van der Waals surface area contributed by atoms with Crippen LogP contribution in [0.3, 0.4) is 0 Å². The van der Waals surface area contributed by atoms with E-state index in [9.17, 15) is 0 Å². The molecule has 0 aliphatic carbocycles. The van der Waals surface area contributed by atoms with Gasteiger partial charge in [-0.3, -0.25) is 4.90 Å². The number of rotatable bonds is 7. The Balaban J connectivity index is 1.75. The van der Waals surface area contributed by atoms with E-state index in [0.717, 1.165) is 17.9 Å². The molecule has 2 fully saturated rings. The molecule has 21 heavy (non-hydrogen) atoms. The summed E-state index contributed by atoms with van der Waals surface area (Å²) < 4.78 is 0. The average molecular weight is 296 g/mol. The standard InChI is InChI=1S/C18H37N3/c1-5-20-12-8-17(9-13-20)16(4)19-14-18(15(2)3)21-10-6-7-11-21/h15-19H,5-14H2,1-4H3. The van der Waals surface area contributed by atoms with Gasteiger partial charge in [-0.1, -0.05) is 20.8 Å². The van der Waals surface area contributed by atoms with Gasteiger partial charge in [0.15, 0.2) is 0 Å². The number of hydrogen-bond donors (Lipinski definition) is 1. The summed E-state index contributed by atoms with van der Waals surface area (Å²) in [5.41, 5.74) is 0. The van der Waals surface area contributed by atoms with Gasteiger partial charge in [0.25, 0.3) is 0 Å². The third-order valence-electron chi connectivity index (χ3n) is 5.81. The largest absolute Gasteiger partial charge is 0.312 e. The summed E-state index contributed by atoms with van der Waals surface area (Å²) >= 11 is 0. The van der Waals surface area contributed by atoms with Gasteiger partial charge < -0.3 is 10.2 Å². The number of nitrogens with one attached hydrogen (secondary N) is 1. The molecule has 0 aromatic heterocycles. The van der Waals surface area contributed by atoms with Crippen molar-refractivity contribution in [3.8, 4) is 0 Å². The van der Waals surface area contributed by atoms with Crippen LogP contribution in [0.4, 0.5) is 0 Å².